The van der Waals surface area contributed by atoms with Crippen molar-refractivity contribution in [1.82, 2.24) is 5.32 Å². The van der Waals surface area contributed by atoms with E-state index in [-0.39, 0.29) is 6.42 Å². The number of carbonyl (C=O) groups excluding carboxylic acids is 1. The topological polar surface area (TPSA) is 92.4 Å². The molecule has 0 fully saturated rings. The Kier molecular flexibility index (Phi) is 5.75. The molecule has 5 heteroatoms. The molecular weight excluding hydrogens is 244 g/mol. The second-order valence-corrected chi connectivity index (χ2v) is 4.22. The van der Waals surface area contributed by atoms with Crippen LogP contribution in [0.5, 0.6) is 0 Å². The summed E-state index contributed by atoms with van der Waals surface area (Å²) in [6.45, 7) is 3.46. The molecular formula is C14H18N2O3. The molecule has 1 rings (SSSR count). The highest BCUT2D eigenvalue weighted by Crippen LogP contribution is 2.03. The quantitative estimate of drug-likeness (QED) is 0.631. The van der Waals surface area contributed by atoms with Crippen molar-refractivity contribution in [1.29, 1.82) is 0 Å². The minimum atomic E-state index is -1.10. The van der Waals surface area contributed by atoms with Crippen LogP contribution in [0.1, 0.15) is 12.0 Å². The van der Waals surface area contributed by atoms with Crippen LogP contribution in [0.25, 0.3) is 0 Å². The Balaban J connectivity index is 2.56. The summed E-state index contributed by atoms with van der Waals surface area (Å²) in [5.41, 5.74) is 6.69. The fraction of sp³-hybridized carbons (Fsp3) is 0.286. The van der Waals surface area contributed by atoms with Crippen molar-refractivity contribution in [3.05, 3.63) is 48.6 Å². The third-order valence-electron chi connectivity index (χ3n) is 2.65. The van der Waals surface area contributed by atoms with E-state index in [0.29, 0.717) is 6.42 Å². The number of hydrogen-bond donors (Lipinski definition) is 3. The van der Waals surface area contributed by atoms with Crippen molar-refractivity contribution in [3.63, 3.8) is 0 Å². The van der Waals surface area contributed by atoms with Crippen LogP contribution >= 0.6 is 0 Å². The maximum absolute atomic E-state index is 11.8. The van der Waals surface area contributed by atoms with E-state index in [1.807, 2.05) is 30.3 Å². The number of benzene rings is 1. The van der Waals surface area contributed by atoms with Gasteiger partial charge in [-0.2, -0.15) is 0 Å². The number of amides is 1. The van der Waals surface area contributed by atoms with Crippen LogP contribution in [0, 0.1) is 0 Å². The van der Waals surface area contributed by atoms with E-state index in [0.717, 1.165) is 5.56 Å². The van der Waals surface area contributed by atoms with Crippen molar-refractivity contribution in [2.24, 2.45) is 5.73 Å². The first-order valence-electron chi connectivity index (χ1n) is 5.98. The number of aliphatic carboxylic acids is 1. The summed E-state index contributed by atoms with van der Waals surface area (Å²) < 4.78 is 0. The van der Waals surface area contributed by atoms with Crippen LogP contribution in [-0.4, -0.2) is 29.1 Å². The summed E-state index contributed by atoms with van der Waals surface area (Å²) in [6.07, 6.45) is 1.98. The highest BCUT2D eigenvalue weighted by Gasteiger charge is 2.22. The third-order valence-corrected chi connectivity index (χ3v) is 2.65. The molecule has 0 saturated carbocycles. The average molecular weight is 262 g/mol. The van der Waals surface area contributed by atoms with Gasteiger partial charge in [-0.05, 0) is 18.4 Å². The molecule has 0 saturated heterocycles. The predicted molar refractivity (Wildman–Crippen MR) is 72.5 cm³/mol. The molecule has 102 valence electrons. The summed E-state index contributed by atoms with van der Waals surface area (Å²) in [6, 6.07) is 7.58. The van der Waals surface area contributed by atoms with Crippen LogP contribution in [0.4, 0.5) is 0 Å². The second kappa shape index (κ2) is 7.33. The molecule has 0 bridgehead atoms. The first-order valence-corrected chi connectivity index (χ1v) is 5.98. The van der Waals surface area contributed by atoms with E-state index < -0.39 is 24.0 Å². The lowest BCUT2D eigenvalue weighted by Crippen LogP contribution is -2.49. The maximum atomic E-state index is 11.8. The van der Waals surface area contributed by atoms with Crippen LogP contribution in [-0.2, 0) is 16.0 Å². The number of nitrogens with two attached hydrogens (primary N) is 1. The van der Waals surface area contributed by atoms with E-state index in [2.05, 4.69) is 11.9 Å². The zero-order valence-corrected chi connectivity index (χ0v) is 10.6. The summed E-state index contributed by atoms with van der Waals surface area (Å²) >= 11 is 0. The van der Waals surface area contributed by atoms with Gasteiger partial charge in [-0.15, -0.1) is 6.58 Å². The summed E-state index contributed by atoms with van der Waals surface area (Å²) in [4.78, 5) is 22.7. The SMILES string of the molecule is C=CC[C@H](NC(=O)[C@@H](N)Cc1ccccc1)C(=O)O. The minimum Gasteiger partial charge on any atom is -0.480 e. The zero-order chi connectivity index (χ0) is 14.3. The Morgan fingerprint density at radius 2 is 2.00 bits per heavy atom. The van der Waals surface area contributed by atoms with Gasteiger partial charge in [-0.3, -0.25) is 4.79 Å². The zero-order valence-electron chi connectivity index (χ0n) is 10.6. The number of nitrogens with one attached hydrogen (secondary N) is 1. The molecule has 0 aliphatic carbocycles. The van der Waals surface area contributed by atoms with Crippen molar-refractivity contribution >= 4 is 11.9 Å². The molecule has 0 radical (unpaired) electrons. The molecule has 0 heterocycles. The van der Waals surface area contributed by atoms with Crippen LogP contribution in [0.3, 0.4) is 0 Å². The number of hydrogen-bond acceptors (Lipinski definition) is 3. The first kappa shape index (κ1) is 14.9. The van der Waals surface area contributed by atoms with E-state index in [4.69, 9.17) is 10.8 Å². The summed E-state index contributed by atoms with van der Waals surface area (Å²) in [5.74, 6) is -1.57. The Morgan fingerprint density at radius 1 is 1.37 bits per heavy atom. The number of carboxylic acids is 1. The Morgan fingerprint density at radius 3 is 2.53 bits per heavy atom. The average Bonchev–Trinajstić information content (AvgIpc) is 2.39. The van der Waals surface area contributed by atoms with E-state index in [1.54, 1.807) is 0 Å². The monoisotopic (exact) mass is 262 g/mol. The van der Waals surface area contributed by atoms with Gasteiger partial charge in [0.05, 0.1) is 6.04 Å². The lowest BCUT2D eigenvalue weighted by atomic mass is 10.1. The van der Waals surface area contributed by atoms with Crippen molar-refractivity contribution in [3.8, 4) is 0 Å². The molecule has 5 nitrogen and oxygen atoms in total. The summed E-state index contributed by atoms with van der Waals surface area (Å²) in [7, 11) is 0. The predicted octanol–water partition coefficient (Wildman–Crippen LogP) is 0.702. The van der Waals surface area contributed by atoms with Crippen LogP contribution < -0.4 is 11.1 Å². The van der Waals surface area contributed by atoms with Gasteiger partial charge in [0.15, 0.2) is 0 Å². The number of carboxylic acid groups (broad SMARTS) is 1. The van der Waals surface area contributed by atoms with E-state index >= 15 is 0 Å². The Labute approximate surface area is 112 Å². The van der Waals surface area contributed by atoms with Gasteiger partial charge in [0, 0.05) is 0 Å². The van der Waals surface area contributed by atoms with Crippen molar-refractivity contribution in [2.75, 3.05) is 0 Å². The molecule has 0 aromatic heterocycles. The molecule has 4 N–H and O–H groups in total. The van der Waals surface area contributed by atoms with Gasteiger partial charge in [-0.1, -0.05) is 36.4 Å². The van der Waals surface area contributed by atoms with E-state index in [9.17, 15) is 9.59 Å². The third kappa shape index (κ3) is 4.93. The Hall–Kier alpha value is -2.14. The Bertz CT molecular complexity index is 445. The van der Waals surface area contributed by atoms with Gasteiger partial charge in [0.2, 0.25) is 5.91 Å². The number of carbonyl (C=O) groups is 2. The highest BCUT2D eigenvalue weighted by molar-refractivity contribution is 5.87. The normalized spacial score (nSPS) is 13.3. The minimum absolute atomic E-state index is 0.166. The lowest BCUT2D eigenvalue weighted by molar-refractivity contribution is -0.141. The molecule has 0 spiro atoms. The molecule has 1 aromatic carbocycles. The van der Waals surface area contributed by atoms with Crippen molar-refractivity contribution in [2.45, 2.75) is 24.9 Å². The van der Waals surface area contributed by atoms with Crippen molar-refractivity contribution < 1.29 is 14.7 Å². The molecule has 1 amide bonds. The van der Waals surface area contributed by atoms with Gasteiger partial charge in [-0.25, -0.2) is 4.79 Å². The lowest BCUT2D eigenvalue weighted by Gasteiger charge is -2.16. The molecule has 1 aromatic rings. The summed E-state index contributed by atoms with van der Waals surface area (Å²) in [5, 5.41) is 11.3. The molecule has 0 aliphatic heterocycles. The second-order valence-electron chi connectivity index (χ2n) is 4.22. The van der Waals surface area contributed by atoms with Crippen LogP contribution in [0.2, 0.25) is 0 Å². The van der Waals surface area contributed by atoms with Gasteiger partial charge in [0.25, 0.3) is 0 Å². The fourth-order valence-corrected chi connectivity index (χ4v) is 1.63. The molecule has 2 atom stereocenters. The molecule has 19 heavy (non-hydrogen) atoms. The van der Waals surface area contributed by atoms with Gasteiger partial charge < -0.3 is 16.2 Å². The first-order chi connectivity index (χ1) is 9.04. The smallest absolute Gasteiger partial charge is 0.326 e. The fourth-order valence-electron chi connectivity index (χ4n) is 1.63. The molecule has 0 unspecified atom stereocenters. The standard InChI is InChI=1S/C14H18N2O3/c1-2-6-12(14(18)19)16-13(17)11(15)9-10-7-4-3-5-8-10/h2-5,7-8,11-12H,1,6,9,15H2,(H,16,17)(H,18,19)/t11-,12-/m0/s1. The maximum Gasteiger partial charge on any atom is 0.326 e. The van der Waals surface area contributed by atoms with Gasteiger partial charge in [0.1, 0.15) is 6.04 Å². The van der Waals surface area contributed by atoms with Crippen LogP contribution in [0.15, 0.2) is 43.0 Å². The van der Waals surface area contributed by atoms with Gasteiger partial charge >= 0.3 is 5.97 Å². The van der Waals surface area contributed by atoms with E-state index in [1.165, 1.54) is 6.08 Å². The molecule has 0 aliphatic rings. The number of rotatable bonds is 7. The largest absolute Gasteiger partial charge is 0.480 e. The highest BCUT2D eigenvalue weighted by atomic mass is 16.4.